The van der Waals surface area contributed by atoms with Crippen molar-refractivity contribution in [1.82, 2.24) is 4.98 Å². The number of hydrogen-bond donors (Lipinski definition) is 2. The number of nitrogens with zero attached hydrogens (tertiary/aromatic N) is 1. The molecule has 0 saturated heterocycles. The highest BCUT2D eigenvalue weighted by atomic mass is 19.1. The lowest BCUT2D eigenvalue weighted by molar-refractivity contribution is 0.116. The fourth-order valence-electron chi connectivity index (χ4n) is 2.01. The van der Waals surface area contributed by atoms with Gasteiger partial charge in [0.2, 0.25) is 0 Å². The van der Waals surface area contributed by atoms with Crippen LogP contribution in [0, 0.1) is 11.2 Å². The maximum atomic E-state index is 14.0. The third kappa shape index (κ3) is 4.36. The molecule has 0 radical (unpaired) electrons. The largest absolute Gasteiger partial charge is 0.384 e. The quantitative estimate of drug-likeness (QED) is 0.467. The average molecular weight is 287 g/mol. The van der Waals surface area contributed by atoms with E-state index in [1.807, 2.05) is 12.1 Å². The Labute approximate surface area is 123 Å². The number of ether oxygens (including phenoxy) is 1. The van der Waals surface area contributed by atoms with Gasteiger partial charge < -0.3 is 10.5 Å². The van der Waals surface area contributed by atoms with E-state index in [1.165, 1.54) is 11.6 Å². The Balaban J connectivity index is 1.79. The van der Waals surface area contributed by atoms with E-state index < -0.39 is 5.82 Å². The molecule has 0 aliphatic heterocycles. The van der Waals surface area contributed by atoms with Crippen molar-refractivity contribution in [2.24, 2.45) is 5.73 Å². The normalized spacial score (nSPS) is 10.5. The number of pyridine rings is 1. The predicted octanol–water partition coefficient (Wildman–Crippen LogP) is 2.65. The minimum atomic E-state index is -0.473. The van der Waals surface area contributed by atoms with E-state index in [9.17, 15) is 4.39 Å². The van der Waals surface area contributed by atoms with Crippen LogP contribution in [0.5, 0.6) is 0 Å². The van der Waals surface area contributed by atoms with E-state index >= 15 is 0 Å². The van der Waals surface area contributed by atoms with E-state index in [-0.39, 0.29) is 18.0 Å². The molecule has 0 bridgehead atoms. The van der Waals surface area contributed by atoms with Crippen molar-refractivity contribution >= 4 is 5.84 Å². The summed E-state index contributed by atoms with van der Waals surface area (Å²) in [7, 11) is 0. The zero-order valence-corrected chi connectivity index (χ0v) is 11.7. The van der Waals surface area contributed by atoms with Gasteiger partial charge in [-0.1, -0.05) is 12.1 Å². The van der Waals surface area contributed by atoms with E-state index in [0.29, 0.717) is 12.2 Å². The molecule has 0 aliphatic carbocycles. The summed E-state index contributed by atoms with van der Waals surface area (Å²) in [6.07, 6.45) is 5.29. The molecule has 0 fully saturated rings. The minimum absolute atomic E-state index is 0.118. The number of benzene rings is 1. The summed E-state index contributed by atoms with van der Waals surface area (Å²) in [5, 5.41) is 7.30. The summed E-state index contributed by atoms with van der Waals surface area (Å²) in [6, 6.07) is 8.75. The molecule has 21 heavy (non-hydrogen) atoms. The topological polar surface area (TPSA) is 72.0 Å². The second-order valence-corrected chi connectivity index (χ2v) is 4.70. The highest BCUT2D eigenvalue weighted by Gasteiger charge is 2.09. The van der Waals surface area contributed by atoms with Gasteiger partial charge in [-0.25, -0.2) is 4.39 Å². The van der Waals surface area contributed by atoms with Crippen LogP contribution in [0.2, 0.25) is 0 Å². The van der Waals surface area contributed by atoms with Crippen molar-refractivity contribution in [2.75, 3.05) is 6.61 Å². The molecular weight excluding hydrogens is 269 g/mol. The first kappa shape index (κ1) is 15.1. The third-order valence-corrected chi connectivity index (χ3v) is 3.13. The van der Waals surface area contributed by atoms with Gasteiger partial charge in [-0.05, 0) is 36.6 Å². The highest BCUT2D eigenvalue weighted by molar-refractivity contribution is 5.95. The molecule has 2 rings (SSSR count). The van der Waals surface area contributed by atoms with Crippen LogP contribution in [-0.2, 0) is 17.8 Å². The Morgan fingerprint density at radius 3 is 2.71 bits per heavy atom. The second-order valence-electron chi connectivity index (χ2n) is 4.70. The van der Waals surface area contributed by atoms with Crippen molar-refractivity contribution in [2.45, 2.75) is 19.4 Å². The van der Waals surface area contributed by atoms with Crippen molar-refractivity contribution in [3.8, 4) is 0 Å². The highest BCUT2D eigenvalue weighted by Crippen LogP contribution is 2.13. The minimum Gasteiger partial charge on any atom is -0.384 e. The predicted molar refractivity (Wildman–Crippen MR) is 79.6 cm³/mol. The van der Waals surface area contributed by atoms with Gasteiger partial charge in [-0.2, -0.15) is 0 Å². The first-order valence-corrected chi connectivity index (χ1v) is 6.77. The van der Waals surface area contributed by atoms with Crippen LogP contribution in [0.4, 0.5) is 4.39 Å². The molecule has 5 heteroatoms. The SMILES string of the molecule is N=C(N)c1cccc(COCCCc2ccncc2)c1F. The fourth-order valence-corrected chi connectivity index (χ4v) is 2.01. The van der Waals surface area contributed by atoms with Gasteiger partial charge >= 0.3 is 0 Å². The molecule has 4 nitrogen and oxygen atoms in total. The first-order chi connectivity index (χ1) is 10.2. The molecule has 110 valence electrons. The molecule has 0 amide bonds. The molecule has 0 aliphatic rings. The Hall–Kier alpha value is -2.27. The monoisotopic (exact) mass is 287 g/mol. The summed E-state index contributed by atoms with van der Waals surface area (Å²) < 4.78 is 19.5. The number of aromatic nitrogens is 1. The summed E-state index contributed by atoms with van der Waals surface area (Å²) in [5.41, 5.74) is 7.07. The van der Waals surface area contributed by atoms with Gasteiger partial charge in [0.05, 0.1) is 12.2 Å². The van der Waals surface area contributed by atoms with Crippen LogP contribution >= 0.6 is 0 Å². The molecule has 0 spiro atoms. The molecule has 0 atom stereocenters. The smallest absolute Gasteiger partial charge is 0.139 e. The van der Waals surface area contributed by atoms with Gasteiger partial charge in [-0.3, -0.25) is 10.4 Å². The maximum Gasteiger partial charge on any atom is 0.139 e. The van der Waals surface area contributed by atoms with E-state index in [2.05, 4.69) is 4.98 Å². The number of nitrogen functional groups attached to an aromatic ring is 1. The Morgan fingerprint density at radius 1 is 1.24 bits per heavy atom. The van der Waals surface area contributed by atoms with Crippen molar-refractivity contribution < 1.29 is 9.13 Å². The number of rotatable bonds is 7. The molecule has 0 unspecified atom stereocenters. The molecule has 0 saturated carbocycles. The molecular formula is C16H18FN3O. The van der Waals surface area contributed by atoms with E-state index in [0.717, 1.165) is 12.8 Å². The average Bonchev–Trinajstić information content (AvgIpc) is 2.49. The summed E-state index contributed by atoms with van der Waals surface area (Å²) >= 11 is 0. The zero-order chi connectivity index (χ0) is 15.1. The van der Waals surface area contributed by atoms with Crippen molar-refractivity contribution in [3.05, 3.63) is 65.2 Å². The van der Waals surface area contributed by atoms with Crippen LogP contribution in [-0.4, -0.2) is 17.4 Å². The van der Waals surface area contributed by atoms with Gasteiger partial charge in [0, 0.05) is 24.6 Å². The van der Waals surface area contributed by atoms with Gasteiger partial charge in [0.15, 0.2) is 0 Å². The summed E-state index contributed by atoms with van der Waals surface area (Å²) in [5.74, 6) is -0.744. The molecule has 1 aromatic heterocycles. The fraction of sp³-hybridized carbons (Fsp3) is 0.250. The van der Waals surface area contributed by atoms with Crippen molar-refractivity contribution in [1.29, 1.82) is 5.41 Å². The summed E-state index contributed by atoms with van der Waals surface area (Å²) in [6.45, 7) is 0.732. The molecule has 1 aromatic carbocycles. The standard InChI is InChI=1S/C16H18FN3O/c17-15-13(4-1-5-14(15)16(18)19)11-21-10-2-3-12-6-8-20-9-7-12/h1,4-9H,2-3,10-11H2,(H3,18,19). The van der Waals surface area contributed by atoms with Crippen LogP contribution in [0.25, 0.3) is 0 Å². The van der Waals surface area contributed by atoms with Crippen LogP contribution < -0.4 is 5.73 Å². The van der Waals surface area contributed by atoms with E-state index in [4.69, 9.17) is 15.9 Å². The first-order valence-electron chi connectivity index (χ1n) is 6.77. The summed E-state index contributed by atoms with van der Waals surface area (Å²) in [4.78, 5) is 3.96. The number of nitrogens with two attached hydrogens (primary N) is 1. The molecule has 1 heterocycles. The van der Waals surface area contributed by atoms with Gasteiger partial charge in [0.25, 0.3) is 0 Å². The van der Waals surface area contributed by atoms with Gasteiger partial charge in [-0.15, -0.1) is 0 Å². The maximum absolute atomic E-state index is 14.0. The molecule has 2 aromatic rings. The third-order valence-electron chi connectivity index (χ3n) is 3.13. The van der Waals surface area contributed by atoms with Gasteiger partial charge in [0.1, 0.15) is 11.7 Å². The Morgan fingerprint density at radius 2 is 2.00 bits per heavy atom. The lowest BCUT2D eigenvalue weighted by atomic mass is 10.1. The Bertz CT molecular complexity index is 602. The lowest BCUT2D eigenvalue weighted by Crippen LogP contribution is -2.14. The van der Waals surface area contributed by atoms with Crippen LogP contribution in [0.3, 0.4) is 0 Å². The lowest BCUT2D eigenvalue weighted by Gasteiger charge is -2.08. The number of hydrogen-bond acceptors (Lipinski definition) is 3. The number of amidine groups is 1. The van der Waals surface area contributed by atoms with Crippen LogP contribution in [0.1, 0.15) is 23.1 Å². The van der Waals surface area contributed by atoms with Crippen molar-refractivity contribution in [3.63, 3.8) is 0 Å². The molecule has 3 N–H and O–H groups in total. The Kier molecular flexibility index (Phi) is 5.40. The zero-order valence-electron chi connectivity index (χ0n) is 11.7. The van der Waals surface area contributed by atoms with Crippen LogP contribution in [0.15, 0.2) is 42.7 Å². The van der Waals surface area contributed by atoms with E-state index in [1.54, 1.807) is 24.5 Å². The number of aryl methyl sites for hydroxylation is 1. The number of nitrogens with one attached hydrogen (secondary N) is 1. The second kappa shape index (κ2) is 7.50. The number of halogens is 1.